The number of hydrogen-bond acceptors (Lipinski definition) is 3. The predicted molar refractivity (Wildman–Crippen MR) is 89.5 cm³/mol. The van der Waals surface area contributed by atoms with Gasteiger partial charge in [-0.25, -0.2) is 0 Å². The van der Waals surface area contributed by atoms with E-state index in [1.54, 1.807) is 0 Å². The van der Waals surface area contributed by atoms with Gasteiger partial charge in [-0.2, -0.15) is 0 Å². The van der Waals surface area contributed by atoms with E-state index in [0.717, 1.165) is 25.2 Å². The van der Waals surface area contributed by atoms with Crippen molar-refractivity contribution in [2.24, 2.45) is 11.8 Å². The zero-order chi connectivity index (χ0) is 14.9. The molecule has 4 saturated heterocycles. The van der Waals surface area contributed by atoms with E-state index in [-0.39, 0.29) is 5.92 Å². The lowest BCUT2D eigenvalue weighted by atomic mass is 9.75. The highest BCUT2D eigenvalue weighted by Gasteiger charge is 2.38. The molecule has 0 radical (unpaired) electrons. The van der Waals surface area contributed by atoms with Crippen LogP contribution in [0.1, 0.15) is 42.5 Å². The summed E-state index contributed by atoms with van der Waals surface area (Å²) in [4.78, 5) is 17.8. The number of piperidine rings is 4. The standard InChI is InChI=1S/C19H26N2O/c22-19(18-14-20-12-8-15(18)9-13-20)16-4-6-17(7-5-16)21-10-2-1-3-11-21/h4-7,15,18H,1-3,8-14H2. The summed E-state index contributed by atoms with van der Waals surface area (Å²) in [5.74, 6) is 1.24. The van der Waals surface area contributed by atoms with Crippen molar-refractivity contribution in [2.75, 3.05) is 37.6 Å². The molecule has 0 aliphatic carbocycles. The molecule has 0 N–H and O–H groups in total. The fourth-order valence-corrected chi connectivity index (χ4v) is 4.46. The smallest absolute Gasteiger partial charge is 0.167 e. The maximum Gasteiger partial charge on any atom is 0.167 e. The van der Waals surface area contributed by atoms with E-state index >= 15 is 0 Å². The molecule has 118 valence electrons. The summed E-state index contributed by atoms with van der Waals surface area (Å²) >= 11 is 0. The van der Waals surface area contributed by atoms with Crippen LogP contribution in [0.4, 0.5) is 5.69 Å². The van der Waals surface area contributed by atoms with E-state index in [2.05, 4.69) is 34.1 Å². The Kier molecular flexibility index (Phi) is 3.91. The van der Waals surface area contributed by atoms with Gasteiger partial charge in [0.05, 0.1) is 0 Å². The van der Waals surface area contributed by atoms with Crippen LogP contribution in [0.3, 0.4) is 0 Å². The second kappa shape index (κ2) is 6.04. The first-order chi connectivity index (χ1) is 10.8. The molecule has 1 unspecified atom stereocenters. The topological polar surface area (TPSA) is 23.6 Å². The van der Waals surface area contributed by atoms with Gasteiger partial charge in [0.2, 0.25) is 0 Å². The molecule has 0 amide bonds. The minimum Gasteiger partial charge on any atom is -0.372 e. The number of rotatable bonds is 3. The van der Waals surface area contributed by atoms with Crippen molar-refractivity contribution in [2.45, 2.75) is 32.1 Å². The number of nitrogens with zero attached hydrogens (tertiary/aromatic N) is 2. The van der Waals surface area contributed by atoms with Crippen LogP contribution in [0, 0.1) is 11.8 Å². The van der Waals surface area contributed by atoms with Crippen LogP contribution in [0.15, 0.2) is 24.3 Å². The Hall–Kier alpha value is -1.35. The normalized spacial score (nSPS) is 31.3. The number of carbonyl (C=O) groups is 1. The largest absolute Gasteiger partial charge is 0.372 e. The maximum atomic E-state index is 12.8. The van der Waals surface area contributed by atoms with Crippen molar-refractivity contribution in [3.8, 4) is 0 Å². The van der Waals surface area contributed by atoms with Crippen molar-refractivity contribution in [1.29, 1.82) is 0 Å². The number of carbonyl (C=O) groups excluding carboxylic acids is 1. The average molecular weight is 298 g/mol. The number of Topliss-reactive ketones (excluding diaryl/α,β-unsaturated/α-hetero) is 1. The zero-order valence-electron chi connectivity index (χ0n) is 13.3. The van der Waals surface area contributed by atoms with Crippen LogP contribution in [-0.2, 0) is 0 Å². The lowest BCUT2D eigenvalue weighted by Crippen LogP contribution is -2.50. The monoisotopic (exact) mass is 298 g/mol. The minimum atomic E-state index is 0.239. The van der Waals surface area contributed by atoms with Crippen LogP contribution in [0.25, 0.3) is 0 Å². The minimum absolute atomic E-state index is 0.239. The Morgan fingerprint density at radius 2 is 1.59 bits per heavy atom. The third kappa shape index (κ3) is 2.67. The van der Waals surface area contributed by atoms with Crippen molar-refractivity contribution in [3.05, 3.63) is 29.8 Å². The summed E-state index contributed by atoms with van der Waals surface area (Å²) in [6, 6.07) is 8.42. The second-order valence-corrected chi connectivity index (χ2v) is 7.20. The van der Waals surface area contributed by atoms with Gasteiger partial charge in [0.25, 0.3) is 0 Å². The molecule has 4 heterocycles. The Balaban J connectivity index is 1.47. The molecular weight excluding hydrogens is 272 g/mol. The fourth-order valence-electron chi connectivity index (χ4n) is 4.46. The zero-order valence-corrected chi connectivity index (χ0v) is 13.3. The van der Waals surface area contributed by atoms with Gasteiger partial charge in [-0.3, -0.25) is 4.79 Å². The molecular formula is C19H26N2O. The molecule has 3 heteroatoms. The molecule has 3 nitrogen and oxygen atoms in total. The van der Waals surface area contributed by atoms with Crippen LogP contribution in [0.2, 0.25) is 0 Å². The molecule has 4 aliphatic rings. The van der Waals surface area contributed by atoms with E-state index in [9.17, 15) is 4.79 Å². The number of anilines is 1. The SMILES string of the molecule is O=C(c1ccc(N2CCCCC2)cc1)C1CN2CCC1CC2. The Bertz CT molecular complexity index is 525. The molecule has 1 aromatic rings. The van der Waals surface area contributed by atoms with Crippen LogP contribution in [0.5, 0.6) is 0 Å². The molecule has 4 aliphatic heterocycles. The highest BCUT2D eigenvalue weighted by atomic mass is 16.1. The average Bonchev–Trinajstić information content (AvgIpc) is 2.63. The van der Waals surface area contributed by atoms with Crippen molar-refractivity contribution >= 4 is 11.5 Å². The lowest BCUT2D eigenvalue weighted by Gasteiger charge is -2.44. The van der Waals surface area contributed by atoms with E-state index < -0.39 is 0 Å². The third-order valence-corrected chi connectivity index (χ3v) is 5.87. The Morgan fingerprint density at radius 3 is 2.18 bits per heavy atom. The first kappa shape index (κ1) is 14.3. The molecule has 1 aromatic carbocycles. The van der Waals surface area contributed by atoms with E-state index in [4.69, 9.17) is 0 Å². The van der Waals surface area contributed by atoms with E-state index in [0.29, 0.717) is 11.7 Å². The van der Waals surface area contributed by atoms with Gasteiger partial charge in [0.1, 0.15) is 0 Å². The van der Waals surface area contributed by atoms with Crippen molar-refractivity contribution < 1.29 is 4.79 Å². The quantitative estimate of drug-likeness (QED) is 0.801. The van der Waals surface area contributed by atoms with Gasteiger partial charge < -0.3 is 9.80 Å². The third-order valence-electron chi connectivity index (χ3n) is 5.87. The highest BCUT2D eigenvalue weighted by molar-refractivity contribution is 5.98. The summed E-state index contributed by atoms with van der Waals surface area (Å²) in [7, 11) is 0. The first-order valence-electron chi connectivity index (χ1n) is 8.93. The molecule has 22 heavy (non-hydrogen) atoms. The van der Waals surface area contributed by atoms with E-state index in [1.807, 2.05) is 0 Å². The molecule has 0 spiro atoms. The summed E-state index contributed by atoms with van der Waals surface area (Å²) in [6.07, 6.45) is 6.36. The number of ketones is 1. The van der Waals surface area contributed by atoms with Crippen LogP contribution >= 0.6 is 0 Å². The Morgan fingerprint density at radius 1 is 0.909 bits per heavy atom. The van der Waals surface area contributed by atoms with Gasteiger partial charge in [-0.05, 0) is 75.4 Å². The first-order valence-corrected chi connectivity index (χ1v) is 8.93. The van der Waals surface area contributed by atoms with E-state index in [1.165, 1.54) is 50.9 Å². The summed E-state index contributed by atoms with van der Waals surface area (Å²) in [6.45, 7) is 5.70. The van der Waals surface area contributed by atoms with Gasteiger partial charge >= 0.3 is 0 Å². The van der Waals surface area contributed by atoms with Crippen LogP contribution in [-0.4, -0.2) is 43.4 Å². The van der Waals surface area contributed by atoms with Gasteiger partial charge in [0.15, 0.2) is 5.78 Å². The van der Waals surface area contributed by atoms with Gasteiger partial charge in [0, 0.05) is 36.8 Å². The molecule has 0 saturated carbocycles. The van der Waals surface area contributed by atoms with Gasteiger partial charge in [-0.1, -0.05) is 0 Å². The van der Waals surface area contributed by atoms with Crippen LogP contribution < -0.4 is 4.90 Å². The summed E-state index contributed by atoms with van der Waals surface area (Å²) < 4.78 is 0. The van der Waals surface area contributed by atoms with Crippen molar-refractivity contribution in [3.63, 3.8) is 0 Å². The number of benzene rings is 1. The maximum absolute atomic E-state index is 12.8. The molecule has 5 rings (SSSR count). The Labute approximate surface area is 133 Å². The second-order valence-electron chi connectivity index (χ2n) is 7.20. The molecule has 2 bridgehead atoms. The summed E-state index contributed by atoms with van der Waals surface area (Å²) in [5, 5.41) is 0. The number of hydrogen-bond donors (Lipinski definition) is 0. The predicted octanol–water partition coefficient (Wildman–Crippen LogP) is 3.20. The highest BCUT2D eigenvalue weighted by Crippen LogP contribution is 2.34. The fraction of sp³-hybridized carbons (Fsp3) is 0.632. The molecule has 4 fully saturated rings. The summed E-state index contributed by atoms with van der Waals surface area (Å²) in [5.41, 5.74) is 2.20. The van der Waals surface area contributed by atoms with Gasteiger partial charge in [-0.15, -0.1) is 0 Å². The molecule has 1 atom stereocenters. The van der Waals surface area contributed by atoms with Crippen molar-refractivity contribution in [1.82, 2.24) is 4.90 Å². The lowest BCUT2D eigenvalue weighted by molar-refractivity contribution is 0.0419. The molecule has 0 aromatic heterocycles. The number of fused-ring (bicyclic) bond motifs is 3.